The number of hydrogen-bond acceptors (Lipinski definition) is 6. The zero-order valence-electron chi connectivity index (χ0n) is 16.8. The molecule has 0 bridgehead atoms. The number of aryl methyl sites for hydroxylation is 1. The van der Waals surface area contributed by atoms with Crippen LogP contribution in [0.3, 0.4) is 0 Å². The molecule has 1 fully saturated rings. The van der Waals surface area contributed by atoms with Crippen LogP contribution < -0.4 is 0 Å². The standard InChI is InChI=1S/C23H24N4OS/c1-15-5-4-11-27(15)12-10-18-7-3-6-17-8-9-19(24-22(17)18)21-14-29-23(25-21)20-13-16(2)28-26-20/h3,6-9,13-15H,4-5,10-12H2,1-2H3/t15-/m1/s1. The van der Waals surface area contributed by atoms with E-state index in [4.69, 9.17) is 14.5 Å². The Morgan fingerprint density at radius 3 is 2.86 bits per heavy atom. The van der Waals surface area contributed by atoms with E-state index in [1.54, 1.807) is 11.3 Å². The van der Waals surface area contributed by atoms with Crippen molar-refractivity contribution in [3.8, 4) is 22.1 Å². The van der Waals surface area contributed by atoms with Crippen LogP contribution in [0.4, 0.5) is 0 Å². The molecule has 0 saturated carbocycles. The summed E-state index contributed by atoms with van der Waals surface area (Å²) in [6, 6.07) is 13.3. The van der Waals surface area contributed by atoms with Gasteiger partial charge in [-0.2, -0.15) is 0 Å². The number of hydrogen-bond donors (Lipinski definition) is 0. The normalized spacial score (nSPS) is 17.4. The molecular weight excluding hydrogens is 380 g/mol. The van der Waals surface area contributed by atoms with Crippen molar-refractivity contribution in [1.82, 2.24) is 20.0 Å². The Morgan fingerprint density at radius 1 is 1.14 bits per heavy atom. The van der Waals surface area contributed by atoms with E-state index in [1.807, 2.05) is 18.4 Å². The molecule has 1 aromatic carbocycles. The Kier molecular flexibility index (Phi) is 4.89. The molecule has 0 N–H and O–H groups in total. The minimum atomic E-state index is 0.696. The topological polar surface area (TPSA) is 55.1 Å². The molecule has 0 amide bonds. The zero-order chi connectivity index (χ0) is 19.8. The lowest BCUT2D eigenvalue weighted by atomic mass is 10.1. The molecule has 29 heavy (non-hydrogen) atoms. The molecule has 0 radical (unpaired) electrons. The van der Waals surface area contributed by atoms with Gasteiger partial charge in [-0.25, -0.2) is 9.97 Å². The fourth-order valence-electron chi connectivity index (χ4n) is 4.12. The molecule has 0 aliphatic carbocycles. The molecule has 0 spiro atoms. The first-order chi connectivity index (χ1) is 14.2. The van der Waals surface area contributed by atoms with Crippen LogP contribution in [0.15, 0.2) is 46.3 Å². The summed E-state index contributed by atoms with van der Waals surface area (Å²) in [5, 5.41) is 8.16. The van der Waals surface area contributed by atoms with Gasteiger partial charge in [-0.15, -0.1) is 11.3 Å². The van der Waals surface area contributed by atoms with E-state index < -0.39 is 0 Å². The molecule has 6 heteroatoms. The summed E-state index contributed by atoms with van der Waals surface area (Å²) in [5.41, 5.74) is 4.97. The number of fused-ring (bicyclic) bond motifs is 1. The third-order valence-corrected chi connectivity index (χ3v) is 6.64. The van der Waals surface area contributed by atoms with Gasteiger partial charge in [-0.05, 0) is 51.3 Å². The Morgan fingerprint density at radius 2 is 2.07 bits per heavy atom. The summed E-state index contributed by atoms with van der Waals surface area (Å²) < 4.78 is 5.18. The highest BCUT2D eigenvalue weighted by molar-refractivity contribution is 7.13. The highest BCUT2D eigenvalue weighted by atomic mass is 32.1. The summed E-state index contributed by atoms with van der Waals surface area (Å²) in [6.07, 6.45) is 3.66. The number of pyridine rings is 1. The van der Waals surface area contributed by atoms with Crippen LogP contribution in [-0.2, 0) is 6.42 Å². The molecular formula is C23H24N4OS. The van der Waals surface area contributed by atoms with Gasteiger partial charge in [0.25, 0.3) is 0 Å². The number of aromatic nitrogens is 3. The van der Waals surface area contributed by atoms with Gasteiger partial charge in [-0.3, -0.25) is 0 Å². The number of benzene rings is 1. The third kappa shape index (κ3) is 3.70. The number of likely N-dealkylation sites (tertiary alicyclic amines) is 1. The Labute approximate surface area is 174 Å². The van der Waals surface area contributed by atoms with Crippen molar-refractivity contribution in [2.24, 2.45) is 0 Å². The largest absolute Gasteiger partial charge is 0.361 e. The second-order valence-electron chi connectivity index (χ2n) is 7.82. The Bertz CT molecular complexity index is 1150. The van der Waals surface area contributed by atoms with Gasteiger partial charge in [0.1, 0.15) is 22.2 Å². The van der Waals surface area contributed by atoms with Gasteiger partial charge < -0.3 is 9.42 Å². The van der Waals surface area contributed by atoms with Gasteiger partial charge in [0.15, 0.2) is 0 Å². The van der Waals surface area contributed by atoms with E-state index in [2.05, 4.69) is 47.3 Å². The number of rotatable bonds is 5. The molecule has 1 atom stereocenters. The van der Waals surface area contributed by atoms with Crippen LogP contribution in [0.25, 0.3) is 33.0 Å². The van der Waals surface area contributed by atoms with E-state index in [-0.39, 0.29) is 0 Å². The van der Waals surface area contributed by atoms with Gasteiger partial charge in [0, 0.05) is 29.4 Å². The molecule has 0 unspecified atom stereocenters. The number of para-hydroxylation sites is 1. The van der Waals surface area contributed by atoms with Gasteiger partial charge in [-0.1, -0.05) is 29.4 Å². The van der Waals surface area contributed by atoms with E-state index in [9.17, 15) is 0 Å². The van der Waals surface area contributed by atoms with E-state index in [0.29, 0.717) is 6.04 Å². The Hall–Kier alpha value is -2.57. The minimum absolute atomic E-state index is 0.696. The lowest BCUT2D eigenvalue weighted by molar-refractivity contribution is 0.272. The number of thiazole rings is 1. The molecule has 1 saturated heterocycles. The summed E-state index contributed by atoms with van der Waals surface area (Å²) in [6.45, 7) is 6.54. The molecule has 3 aromatic heterocycles. The maximum Gasteiger partial charge on any atom is 0.146 e. The van der Waals surface area contributed by atoms with Gasteiger partial charge in [0.2, 0.25) is 0 Å². The summed E-state index contributed by atoms with van der Waals surface area (Å²) >= 11 is 1.57. The molecule has 1 aliphatic rings. The first-order valence-electron chi connectivity index (χ1n) is 10.2. The molecule has 148 valence electrons. The van der Waals surface area contributed by atoms with Crippen molar-refractivity contribution in [2.45, 2.75) is 39.2 Å². The van der Waals surface area contributed by atoms with Crippen LogP contribution >= 0.6 is 11.3 Å². The molecule has 5 nitrogen and oxygen atoms in total. The fourth-order valence-corrected chi connectivity index (χ4v) is 4.88. The van der Waals surface area contributed by atoms with Crippen LogP contribution in [0.1, 0.15) is 31.1 Å². The van der Waals surface area contributed by atoms with Gasteiger partial charge in [0.05, 0.1) is 11.2 Å². The highest BCUT2D eigenvalue weighted by Crippen LogP contribution is 2.29. The summed E-state index contributed by atoms with van der Waals surface area (Å²) in [7, 11) is 0. The van der Waals surface area contributed by atoms with Crippen LogP contribution in [-0.4, -0.2) is 39.2 Å². The first kappa shape index (κ1) is 18.5. The third-order valence-electron chi connectivity index (χ3n) is 5.78. The van der Waals surface area contributed by atoms with Crippen molar-refractivity contribution in [2.75, 3.05) is 13.1 Å². The lowest BCUT2D eigenvalue weighted by Gasteiger charge is -2.21. The van der Waals surface area contributed by atoms with E-state index in [0.717, 1.165) is 46.3 Å². The monoisotopic (exact) mass is 404 g/mol. The SMILES string of the molecule is Cc1cc(-c2nc(-c3ccc4cccc(CCN5CCC[C@H]5C)c4n3)cs2)no1. The average molecular weight is 405 g/mol. The van der Waals surface area contributed by atoms with Gasteiger partial charge >= 0.3 is 0 Å². The quantitative estimate of drug-likeness (QED) is 0.449. The summed E-state index contributed by atoms with van der Waals surface area (Å²) in [4.78, 5) is 12.3. The molecule has 4 heterocycles. The maximum absolute atomic E-state index is 5.18. The summed E-state index contributed by atoms with van der Waals surface area (Å²) in [5.74, 6) is 0.789. The van der Waals surface area contributed by atoms with Crippen molar-refractivity contribution in [3.05, 3.63) is 53.1 Å². The zero-order valence-corrected chi connectivity index (χ0v) is 17.6. The second kappa shape index (κ2) is 7.69. The van der Waals surface area contributed by atoms with E-state index in [1.165, 1.54) is 30.3 Å². The Balaban J connectivity index is 1.44. The van der Waals surface area contributed by atoms with Crippen LogP contribution in [0.5, 0.6) is 0 Å². The smallest absolute Gasteiger partial charge is 0.146 e. The van der Waals surface area contributed by atoms with Crippen LogP contribution in [0.2, 0.25) is 0 Å². The highest BCUT2D eigenvalue weighted by Gasteiger charge is 2.20. The first-order valence-corrected chi connectivity index (χ1v) is 11.1. The number of nitrogens with zero attached hydrogens (tertiary/aromatic N) is 4. The van der Waals surface area contributed by atoms with E-state index >= 15 is 0 Å². The van der Waals surface area contributed by atoms with Crippen LogP contribution in [0, 0.1) is 6.92 Å². The van der Waals surface area contributed by atoms with Crippen molar-refractivity contribution in [1.29, 1.82) is 0 Å². The molecule has 5 rings (SSSR count). The minimum Gasteiger partial charge on any atom is -0.361 e. The maximum atomic E-state index is 5.18. The predicted molar refractivity (Wildman–Crippen MR) is 117 cm³/mol. The predicted octanol–water partition coefficient (Wildman–Crippen LogP) is 5.35. The average Bonchev–Trinajstić information content (AvgIpc) is 3.47. The van der Waals surface area contributed by atoms with Crippen molar-refractivity contribution < 1.29 is 4.52 Å². The fraction of sp³-hybridized carbons (Fsp3) is 0.348. The lowest BCUT2D eigenvalue weighted by Crippen LogP contribution is -2.29. The second-order valence-corrected chi connectivity index (χ2v) is 8.68. The molecule has 4 aromatic rings. The van der Waals surface area contributed by atoms with Crippen molar-refractivity contribution >= 4 is 22.2 Å². The van der Waals surface area contributed by atoms with Crippen molar-refractivity contribution in [3.63, 3.8) is 0 Å². The molecule has 1 aliphatic heterocycles.